The van der Waals surface area contributed by atoms with E-state index in [0.29, 0.717) is 25.5 Å². The van der Waals surface area contributed by atoms with Crippen LogP contribution in [0.4, 0.5) is 0 Å². The number of methoxy groups -OCH3 is 1. The van der Waals surface area contributed by atoms with Crippen molar-refractivity contribution in [3.05, 3.63) is 0 Å². The van der Waals surface area contributed by atoms with Crippen molar-refractivity contribution in [2.75, 3.05) is 60.0 Å². The summed E-state index contributed by atoms with van der Waals surface area (Å²) in [5, 5.41) is 0. The molecule has 0 aromatic rings. The van der Waals surface area contributed by atoms with Crippen LogP contribution < -0.4 is 0 Å². The van der Waals surface area contributed by atoms with Crippen LogP contribution in [-0.2, 0) is 14.3 Å². The van der Waals surface area contributed by atoms with E-state index in [2.05, 4.69) is 4.90 Å². The van der Waals surface area contributed by atoms with Crippen LogP contribution in [0.25, 0.3) is 0 Å². The maximum atomic E-state index is 12.7. The van der Waals surface area contributed by atoms with Gasteiger partial charge in [-0.05, 0) is 45.1 Å². The largest absolute Gasteiger partial charge is 0.383 e. The van der Waals surface area contributed by atoms with Gasteiger partial charge in [0.2, 0.25) is 11.8 Å². The van der Waals surface area contributed by atoms with Gasteiger partial charge in [-0.1, -0.05) is 0 Å². The first-order chi connectivity index (χ1) is 12.0. The Bertz CT molecular complexity index is 494. The average molecular weight is 351 g/mol. The van der Waals surface area contributed by atoms with E-state index >= 15 is 0 Å². The van der Waals surface area contributed by atoms with Gasteiger partial charge in [0, 0.05) is 51.7 Å². The first-order valence-corrected chi connectivity index (χ1v) is 9.74. The average Bonchev–Trinajstić information content (AvgIpc) is 3.41. The number of nitrogens with zero attached hydrogens (tertiary/aromatic N) is 3. The quantitative estimate of drug-likeness (QED) is 0.692. The van der Waals surface area contributed by atoms with E-state index in [4.69, 9.17) is 4.74 Å². The van der Waals surface area contributed by atoms with Crippen LogP contribution in [0.2, 0.25) is 0 Å². The van der Waals surface area contributed by atoms with E-state index in [0.717, 1.165) is 57.9 Å². The number of likely N-dealkylation sites (tertiary alicyclic amines) is 2. The normalized spacial score (nSPS) is 27.4. The van der Waals surface area contributed by atoms with Gasteiger partial charge in [0.25, 0.3) is 0 Å². The molecule has 0 aromatic heterocycles. The van der Waals surface area contributed by atoms with Crippen LogP contribution in [0, 0.1) is 11.3 Å². The summed E-state index contributed by atoms with van der Waals surface area (Å²) in [5.41, 5.74) is 0.127. The SMILES string of the molecule is COCCN(C)CC(=O)N1CCC[C@@]2(CCC(=O)N(CC3CC3)C2)C1. The van der Waals surface area contributed by atoms with Crippen molar-refractivity contribution in [1.82, 2.24) is 14.7 Å². The van der Waals surface area contributed by atoms with Crippen molar-refractivity contribution in [3.8, 4) is 0 Å². The monoisotopic (exact) mass is 351 g/mol. The van der Waals surface area contributed by atoms with Crippen LogP contribution in [-0.4, -0.2) is 86.5 Å². The third-order valence-corrected chi connectivity index (χ3v) is 6.02. The number of carbonyl (C=O) groups is 2. The second-order valence-electron chi connectivity index (χ2n) is 8.37. The second kappa shape index (κ2) is 8.04. The molecule has 1 aliphatic carbocycles. The van der Waals surface area contributed by atoms with Crippen molar-refractivity contribution in [1.29, 1.82) is 0 Å². The number of rotatable bonds is 7. The number of piperidine rings is 2. The highest BCUT2D eigenvalue weighted by atomic mass is 16.5. The Hall–Kier alpha value is -1.14. The summed E-state index contributed by atoms with van der Waals surface area (Å²) in [6.45, 7) is 5.33. The van der Waals surface area contributed by atoms with Crippen molar-refractivity contribution >= 4 is 11.8 Å². The molecule has 1 spiro atoms. The van der Waals surface area contributed by atoms with Crippen molar-refractivity contribution < 1.29 is 14.3 Å². The van der Waals surface area contributed by atoms with E-state index < -0.39 is 0 Å². The van der Waals surface area contributed by atoms with Crippen molar-refractivity contribution in [2.24, 2.45) is 11.3 Å². The summed E-state index contributed by atoms with van der Waals surface area (Å²) >= 11 is 0. The Balaban J connectivity index is 1.55. The third kappa shape index (κ3) is 4.94. The lowest BCUT2D eigenvalue weighted by Crippen LogP contribution is -2.56. The van der Waals surface area contributed by atoms with Crippen LogP contribution in [0.5, 0.6) is 0 Å². The highest BCUT2D eigenvalue weighted by Crippen LogP contribution is 2.40. The van der Waals surface area contributed by atoms with Crippen LogP contribution >= 0.6 is 0 Å². The van der Waals surface area contributed by atoms with E-state index in [1.165, 1.54) is 12.8 Å². The van der Waals surface area contributed by atoms with Crippen molar-refractivity contribution in [3.63, 3.8) is 0 Å². The molecule has 0 N–H and O–H groups in total. The number of hydrogen-bond acceptors (Lipinski definition) is 4. The molecule has 3 fully saturated rings. The molecule has 2 amide bonds. The lowest BCUT2D eigenvalue weighted by atomic mass is 9.73. The molecule has 0 radical (unpaired) electrons. The molecular weight excluding hydrogens is 318 g/mol. The minimum atomic E-state index is 0.127. The summed E-state index contributed by atoms with van der Waals surface area (Å²) in [5.74, 6) is 1.26. The molecule has 2 heterocycles. The second-order valence-corrected chi connectivity index (χ2v) is 8.37. The fourth-order valence-electron chi connectivity index (χ4n) is 4.29. The standard InChI is InChI=1S/C19H33N3O3/c1-20(10-11-25-2)13-18(24)21-9-3-7-19(14-21)8-6-17(23)22(15-19)12-16-4-5-16/h16H,3-15H2,1-2H3/t19-/m1/s1. The fraction of sp³-hybridized carbons (Fsp3) is 0.895. The van der Waals surface area contributed by atoms with E-state index in [9.17, 15) is 9.59 Å². The zero-order chi connectivity index (χ0) is 17.9. The molecule has 2 aliphatic heterocycles. The van der Waals surface area contributed by atoms with Crippen LogP contribution in [0.15, 0.2) is 0 Å². The van der Waals surface area contributed by atoms with Crippen LogP contribution in [0.1, 0.15) is 38.5 Å². The molecule has 1 atom stereocenters. The molecule has 6 heteroatoms. The number of likely N-dealkylation sites (N-methyl/N-ethyl adjacent to an activating group) is 1. The molecule has 0 unspecified atom stereocenters. The van der Waals surface area contributed by atoms with E-state index in [-0.39, 0.29) is 11.3 Å². The third-order valence-electron chi connectivity index (χ3n) is 6.02. The highest BCUT2D eigenvalue weighted by Gasteiger charge is 2.43. The Morgan fingerprint density at radius 3 is 2.84 bits per heavy atom. The first-order valence-electron chi connectivity index (χ1n) is 9.74. The predicted molar refractivity (Wildman–Crippen MR) is 96.2 cm³/mol. The van der Waals surface area contributed by atoms with Gasteiger partial charge in [-0.25, -0.2) is 0 Å². The van der Waals surface area contributed by atoms with Gasteiger partial charge in [0.05, 0.1) is 13.2 Å². The van der Waals surface area contributed by atoms with E-state index in [1.54, 1.807) is 7.11 Å². The summed E-state index contributed by atoms with van der Waals surface area (Å²) in [7, 11) is 3.65. The lowest BCUT2D eigenvalue weighted by molar-refractivity contribution is -0.143. The van der Waals surface area contributed by atoms with Gasteiger partial charge in [0.1, 0.15) is 0 Å². The topological polar surface area (TPSA) is 53.1 Å². The Labute approximate surface area is 151 Å². The maximum absolute atomic E-state index is 12.7. The van der Waals surface area contributed by atoms with Gasteiger partial charge in [-0.15, -0.1) is 0 Å². The molecule has 142 valence electrons. The molecule has 6 nitrogen and oxygen atoms in total. The molecule has 0 bridgehead atoms. The molecule has 3 rings (SSSR count). The molecule has 1 saturated carbocycles. The summed E-state index contributed by atoms with van der Waals surface area (Å²) < 4.78 is 5.08. The predicted octanol–water partition coefficient (Wildman–Crippen LogP) is 1.21. The molecule has 2 saturated heterocycles. The van der Waals surface area contributed by atoms with Gasteiger partial charge < -0.3 is 14.5 Å². The smallest absolute Gasteiger partial charge is 0.236 e. The molecular formula is C19H33N3O3. The minimum Gasteiger partial charge on any atom is -0.383 e. The van der Waals surface area contributed by atoms with Crippen molar-refractivity contribution in [2.45, 2.75) is 38.5 Å². The zero-order valence-electron chi connectivity index (χ0n) is 15.8. The highest BCUT2D eigenvalue weighted by molar-refractivity contribution is 5.79. The molecule has 0 aromatic carbocycles. The van der Waals surface area contributed by atoms with Crippen LogP contribution in [0.3, 0.4) is 0 Å². The summed E-state index contributed by atoms with van der Waals surface area (Å²) in [4.78, 5) is 31.1. The number of hydrogen-bond donors (Lipinski definition) is 0. The molecule has 25 heavy (non-hydrogen) atoms. The van der Waals surface area contributed by atoms with Gasteiger partial charge >= 0.3 is 0 Å². The van der Waals surface area contributed by atoms with Gasteiger partial charge in [-0.3, -0.25) is 14.5 Å². The zero-order valence-corrected chi connectivity index (χ0v) is 15.8. The maximum Gasteiger partial charge on any atom is 0.236 e. The molecule has 3 aliphatic rings. The number of amides is 2. The van der Waals surface area contributed by atoms with Gasteiger partial charge in [0.15, 0.2) is 0 Å². The Morgan fingerprint density at radius 2 is 2.12 bits per heavy atom. The summed E-state index contributed by atoms with van der Waals surface area (Å²) in [6.07, 6.45) is 6.34. The number of ether oxygens (including phenoxy) is 1. The Kier molecular flexibility index (Phi) is 6.00. The summed E-state index contributed by atoms with van der Waals surface area (Å²) in [6, 6.07) is 0. The fourth-order valence-corrected chi connectivity index (χ4v) is 4.29. The lowest BCUT2D eigenvalue weighted by Gasteiger charge is -2.48. The minimum absolute atomic E-state index is 0.127. The first kappa shape index (κ1) is 18.6. The van der Waals surface area contributed by atoms with Gasteiger partial charge in [-0.2, -0.15) is 0 Å². The van der Waals surface area contributed by atoms with E-state index in [1.807, 2.05) is 16.8 Å². The number of carbonyl (C=O) groups excluding carboxylic acids is 2. The Morgan fingerprint density at radius 1 is 1.32 bits per heavy atom.